The van der Waals surface area contributed by atoms with Crippen LogP contribution in [0.25, 0.3) is 10.9 Å². The predicted molar refractivity (Wildman–Crippen MR) is 114 cm³/mol. The van der Waals surface area contributed by atoms with Gasteiger partial charge >= 0.3 is 0 Å². The number of rotatable bonds is 5. The van der Waals surface area contributed by atoms with Crippen LogP contribution >= 0.6 is 0 Å². The molecule has 0 radical (unpaired) electrons. The molecule has 1 amide bonds. The van der Waals surface area contributed by atoms with Gasteiger partial charge in [-0.3, -0.25) is 4.79 Å². The third-order valence-corrected chi connectivity index (χ3v) is 7.31. The second-order valence-corrected chi connectivity index (χ2v) is 9.23. The van der Waals surface area contributed by atoms with Crippen molar-refractivity contribution in [3.8, 4) is 0 Å². The van der Waals surface area contributed by atoms with Crippen LogP contribution in [-0.2, 0) is 22.3 Å². The highest BCUT2D eigenvalue weighted by molar-refractivity contribution is 7.88. The van der Waals surface area contributed by atoms with E-state index in [9.17, 15) is 13.2 Å². The molecular weight excluding hydrogens is 386 g/mol. The maximum atomic E-state index is 13.1. The van der Waals surface area contributed by atoms with Crippen molar-refractivity contribution in [2.24, 2.45) is 0 Å². The van der Waals surface area contributed by atoms with E-state index < -0.39 is 10.0 Å². The molecule has 2 aromatic carbocycles. The van der Waals surface area contributed by atoms with Gasteiger partial charge in [-0.15, -0.1) is 0 Å². The van der Waals surface area contributed by atoms with Crippen LogP contribution < -0.4 is 0 Å². The lowest BCUT2D eigenvalue weighted by molar-refractivity contribution is 0.0687. The molecule has 0 N–H and O–H groups in total. The lowest BCUT2D eigenvalue weighted by Gasteiger charge is -2.34. The summed E-state index contributed by atoms with van der Waals surface area (Å²) < 4.78 is 29.0. The van der Waals surface area contributed by atoms with E-state index in [0.717, 1.165) is 16.5 Å². The van der Waals surface area contributed by atoms with E-state index in [4.69, 9.17) is 0 Å². The summed E-state index contributed by atoms with van der Waals surface area (Å²) in [6.45, 7) is 4.19. The number of hydrogen-bond acceptors (Lipinski definition) is 3. The molecule has 152 valence electrons. The van der Waals surface area contributed by atoms with E-state index >= 15 is 0 Å². The highest BCUT2D eigenvalue weighted by Gasteiger charge is 2.30. The number of carbonyl (C=O) groups is 1. The Labute approximate surface area is 171 Å². The van der Waals surface area contributed by atoms with Crippen LogP contribution in [0, 0.1) is 0 Å². The van der Waals surface area contributed by atoms with Gasteiger partial charge < -0.3 is 9.47 Å². The molecule has 0 bridgehead atoms. The topological polar surface area (TPSA) is 62.6 Å². The average Bonchev–Trinajstić information content (AvgIpc) is 3.12. The van der Waals surface area contributed by atoms with Crippen molar-refractivity contribution >= 4 is 26.8 Å². The zero-order chi connectivity index (χ0) is 20.4. The fourth-order valence-electron chi connectivity index (χ4n) is 3.94. The number of aryl methyl sites for hydroxylation is 1. The van der Waals surface area contributed by atoms with Crippen LogP contribution in [0.15, 0.2) is 60.7 Å². The number of amides is 1. The lowest BCUT2D eigenvalue weighted by Crippen LogP contribution is -2.51. The Morgan fingerprint density at radius 2 is 1.59 bits per heavy atom. The third kappa shape index (κ3) is 3.93. The third-order valence-electron chi connectivity index (χ3n) is 5.46. The average molecular weight is 412 g/mol. The number of piperazine rings is 1. The van der Waals surface area contributed by atoms with E-state index in [1.807, 2.05) is 72.2 Å². The summed E-state index contributed by atoms with van der Waals surface area (Å²) in [4.78, 5) is 14.9. The largest absolute Gasteiger partial charge is 0.337 e. The summed E-state index contributed by atoms with van der Waals surface area (Å²) in [5.41, 5.74) is 2.48. The van der Waals surface area contributed by atoms with E-state index in [0.29, 0.717) is 38.4 Å². The van der Waals surface area contributed by atoms with Crippen molar-refractivity contribution in [2.75, 3.05) is 26.2 Å². The van der Waals surface area contributed by atoms with E-state index in [1.165, 1.54) is 4.31 Å². The maximum Gasteiger partial charge on any atom is 0.270 e. The van der Waals surface area contributed by atoms with Gasteiger partial charge in [0.25, 0.3) is 5.91 Å². The first kappa shape index (κ1) is 19.7. The van der Waals surface area contributed by atoms with Crippen LogP contribution in [0.4, 0.5) is 0 Å². The van der Waals surface area contributed by atoms with Gasteiger partial charge in [-0.2, -0.15) is 4.31 Å². The molecule has 1 saturated heterocycles. The molecule has 6 nitrogen and oxygen atoms in total. The SMILES string of the molecule is CCn1c(C(=O)N2CCN(S(=O)(=O)Cc3ccccc3)CC2)cc2ccccc21. The van der Waals surface area contributed by atoms with E-state index in [-0.39, 0.29) is 11.7 Å². The molecule has 0 saturated carbocycles. The van der Waals surface area contributed by atoms with Gasteiger partial charge in [0, 0.05) is 43.6 Å². The van der Waals surface area contributed by atoms with Crippen LogP contribution in [0.2, 0.25) is 0 Å². The first-order valence-corrected chi connectivity index (χ1v) is 11.5. The summed E-state index contributed by atoms with van der Waals surface area (Å²) in [5, 5.41) is 1.04. The molecule has 7 heteroatoms. The van der Waals surface area contributed by atoms with Gasteiger partial charge in [-0.25, -0.2) is 8.42 Å². The van der Waals surface area contributed by atoms with Crippen LogP contribution in [0.5, 0.6) is 0 Å². The van der Waals surface area contributed by atoms with E-state index in [2.05, 4.69) is 0 Å². The second-order valence-electron chi connectivity index (χ2n) is 7.27. The molecule has 0 aliphatic carbocycles. The number of sulfonamides is 1. The standard InChI is InChI=1S/C22H25N3O3S/c1-2-25-20-11-7-6-10-19(20)16-21(25)22(26)23-12-14-24(15-13-23)29(27,28)17-18-8-4-3-5-9-18/h3-11,16H,2,12-15,17H2,1H3. The zero-order valence-electron chi connectivity index (χ0n) is 16.5. The fraction of sp³-hybridized carbons (Fsp3) is 0.318. The van der Waals surface area contributed by atoms with Crippen molar-refractivity contribution < 1.29 is 13.2 Å². The zero-order valence-corrected chi connectivity index (χ0v) is 17.3. The highest BCUT2D eigenvalue weighted by Crippen LogP contribution is 2.22. The Hall–Kier alpha value is -2.64. The van der Waals surface area contributed by atoms with Crippen molar-refractivity contribution in [1.82, 2.24) is 13.8 Å². The summed E-state index contributed by atoms with van der Waals surface area (Å²) >= 11 is 0. The van der Waals surface area contributed by atoms with Crippen molar-refractivity contribution in [1.29, 1.82) is 0 Å². The number of hydrogen-bond donors (Lipinski definition) is 0. The minimum Gasteiger partial charge on any atom is -0.337 e. The molecule has 0 unspecified atom stereocenters. The number of para-hydroxylation sites is 1. The lowest BCUT2D eigenvalue weighted by atomic mass is 10.2. The Bertz CT molecular complexity index is 1110. The smallest absolute Gasteiger partial charge is 0.270 e. The predicted octanol–water partition coefficient (Wildman–Crippen LogP) is 2.95. The normalized spacial score (nSPS) is 15.7. The number of carbonyl (C=O) groups excluding carboxylic acids is 1. The Balaban J connectivity index is 1.46. The molecule has 2 heterocycles. The summed E-state index contributed by atoms with van der Waals surface area (Å²) in [6, 6.07) is 19.1. The Morgan fingerprint density at radius 1 is 0.931 bits per heavy atom. The highest BCUT2D eigenvalue weighted by atomic mass is 32.2. The second kappa shape index (κ2) is 8.00. The molecule has 0 spiro atoms. The monoisotopic (exact) mass is 411 g/mol. The summed E-state index contributed by atoms with van der Waals surface area (Å²) in [5.74, 6) is -0.0468. The van der Waals surface area contributed by atoms with Crippen molar-refractivity contribution in [3.63, 3.8) is 0 Å². The molecular formula is C22H25N3O3S. The first-order chi connectivity index (χ1) is 14.0. The van der Waals surface area contributed by atoms with Gasteiger partial charge in [0.2, 0.25) is 10.0 Å². The Morgan fingerprint density at radius 3 is 2.28 bits per heavy atom. The van der Waals surface area contributed by atoms with Gasteiger partial charge in [0.05, 0.1) is 5.75 Å². The molecule has 1 aromatic heterocycles. The molecule has 1 aliphatic heterocycles. The van der Waals surface area contributed by atoms with Crippen LogP contribution in [0.1, 0.15) is 23.0 Å². The fourth-order valence-corrected chi connectivity index (χ4v) is 5.45. The maximum absolute atomic E-state index is 13.1. The van der Waals surface area contributed by atoms with Crippen molar-refractivity contribution in [3.05, 3.63) is 71.9 Å². The first-order valence-electron chi connectivity index (χ1n) is 9.89. The van der Waals surface area contributed by atoms with Gasteiger partial charge in [0.15, 0.2) is 0 Å². The quantitative estimate of drug-likeness (QED) is 0.649. The van der Waals surface area contributed by atoms with Gasteiger partial charge in [0.1, 0.15) is 5.69 Å². The van der Waals surface area contributed by atoms with Gasteiger partial charge in [-0.1, -0.05) is 48.5 Å². The number of nitrogens with zero attached hydrogens (tertiary/aromatic N) is 3. The summed E-state index contributed by atoms with van der Waals surface area (Å²) in [7, 11) is -3.39. The minimum atomic E-state index is -3.39. The number of aromatic nitrogens is 1. The van der Waals surface area contributed by atoms with Crippen LogP contribution in [0.3, 0.4) is 0 Å². The van der Waals surface area contributed by atoms with Gasteiger partial charge in [-0.05, 0) is 24.6 Å². The molecule has 0 atom stereocenters. The molecule has 1 aliphatic rings. The molecule has 3 aromatic rings. The van der Waals surface area contributed by atoms with E-state index in [1.54, 1.807) is 4.90 Å². The van der Waals surface area contributed by atoms with Crippen LogP contribution in [-0.4, -0.2) is 54.3 Å². The number of fused-ring (bicyclic) bond motifs is 1. The Kier molecular flexibility index (Phi) is 5.43. The molecule has 1 fully saturated rings. The summed E-state index contributed by atoms with van der Waals surface area (Å²) in [6.07, 6.45) is 0. The van der Waals surface area contributed by atoms with Crippen molar-refractivity contribution in [2.45, 2.75) is 19.2 Å². The molecule has 29 heavy (non-hydrogen) atoms. The number of benzene rings is 2. The molecule has 4 rings (SSSR count). The minimum absolute atomic E-state index is 0.00807.